The van der Waals surface area contributed by atoms with Crippen LogP contribution in [0.15, 0.2) is 39.9 Å². The maximum Gasteiger partial charge on any atom is 0.308 e. The number of aromatic amines is 1. The molecule has 14 heavy (non-hydrogen) atoms. The van der Waals surface area contributed by atoms with Crippen LogP contribution in [0.1, 0.15) is 0 Å². The Hall–Kier alpha value is -1.75. The molecule has 2 rings (SSSR count). The number of hydrogen-bond donors (Lipinski definition) is 1. The minimum absolute atomic E-state index is 0.208. The van der Waals surface area contributed by atoms with Crippen molar-refractivity contribution in [3.8, 4) is 11.3 Å². The molecule has 0 fully saturated rings. The van der Waals surface area contributed by atoms with Crippen LogP contribution in [-0.4, -0.2) is 8.75 Å². The Bertz CT molecular complexity index is 544. The van der Waals surface area contributed by atoms with Crippen LogP contribution in [0.5, 0.6) is 0 Å². The third-order valence-corrected chi connectivity index (χ3v) is 2.29. The van der Waals surface area contributed by atoms with Crippen molar-refractivity contribution < 1.29 is 0 Å². The number of rotatable bonds is 1. The highest BCUT2D eigenvalue weighted by atomic mass is 32.1. The van der Waals surface area contributed by atoms with Gasteiger partial charge in [0.2, 0.25) is 0 Å². The van der Waals surface area contributed by atoms with E-state index in [1.54, 1.807) is 24.3 Å². The average Bonchev–Trinajstić information content (AvgIpc) is 2.23. The van der Waals surface area contributed by atoms with Gasteiger partial charge in [0.05, 0.1) is 0 Å². The van der Waals surface area contributed by atoms with Crippen LogP contribution < -0.4 is 11.0 Å². The van der Waals surface area contributed by atoms with E-state index in [0.717, 1.165) is 11.7 Å². The standard InChI is InChI=1S/C9H6N2O2S/c12-8-7(10-14-11-9(8)13)6-4-2-1-3-5-6/h1-5H,(H,11,13). The minimum atomic E-state index is -0.621. The minimum Gasteiger partial charge on any atom is -0.281 e. The number of aromatic nitrogens is 2. The molecule has 0 amide bonds. The van der Waals surface area contributed by atoms with Gasteiger partial charge in [-0.15, -0.1) is 0 Å². The van der Waals surface area contributed by atoms with Gasteiger partial charge >= 0.3 is 5.56 Å². The summed E-state index contributed by atoms with van der Waals surface area (Å²) in [5, 5.41) is 0. The van der Waals surface area contributed by atoms with E-state index in [9.17, 15) is 9.59 Å². The first-order valence-electron chi connectivity index (χ1n) is 3.93. The highest BCUT2D eigenvalue weighted by Crippen LogP contribution is 2.10. The summed E-state index contributed by atoms with van der Waals surface area (Å²) in [4.78, 5) is 22.4. The molecule has 0 aliphatic heterocycles. The Balaban J connectivity index is 2.70. The highest BCUT2D eigenvalue weighted by molar-refractivity contribution is 6.99. The molecule has 0 atom stereocenters. The zero-order valence-electron chi connectivity index (χ0n) is 7.06. The molecule has 0 bridgehead atoms. The van der Waals surface area contributed by atoms with E-state index in [2.05, 4.69) is 8.75 Å². The molecule has 70 valence electrons. The van der Waals surface area contributed by atoms with Gasteiger partial charge in [-0.05, 0) is 0 Å². The molecule has 0 saturated heterocycles. The van der Waals surface area contributed by atoms with E-state index in [0.29, 0.717) is 5.56 Å². The summed E-state index contributed by atoms with van der Waals surface area (Å²) in [5.74, 6) is 0. The van der Waals surface area contributed by atoms with E-state index in [1.807, 2.05) is 6.07 Å². The van der Waals surface area contributed by atoms with Gasteiger partial charge in [-0.1, -0.05) is 30.3 Å². The SMILES string of the molecule is O=c1[nH]snc(-c2ccccc2)c1=O. The van der Waals surface area contributed by atoms with Gasteiger partial charge in [0.15, 0.2) is 0 Å². The predicted octanol–water partition coefficient (Wildman–Crippen LogP) is 0.859. The van der Waals surface area contributed by atoms with Crippen LogP contribution in [0.3, 0.4) is 0 Å². The third-order valence-electron chi connectivity index (χ3n) is 1.74. The maximum atomic E-state index is 11.4. The van der Waals surface area contributed by atoms with Crippen LogP contribution >= 0.6 is 11.7 Å². The molecule has 0 aliphatic carbocycles. The second kappa shape index (κ2) is 3.55. The summed E-state index contributed by atoms with van der Waals surface area (Å²) in [6.45, 7) is 0. The van der Waals surface area contributed by atoms with Gasteiger partial charge in [0.25, 0.3) is 5.43 Å². The van der Waals surface area contributed by atoms with Gasteiger partial charge < -0.3 is 0 Å². The van der Waals surface area contributed by atoms with Gasteiger partial charge in [-0.3, -0.25) is 14.0 Å². The molecule has 1 heterocycles. The summed E-state index contributed by atoms with van der Waals surface area (Å²) in [6.07, 6.45) is 0. The lowest BCUT2D eigenvalue weighted by molar-refractivity contribution is 1.27. The van der Waals surface area contributed by atoms with Crippen LogP contribution in [0.4, 0.5) is 0 Å². The van der Waals surface area contributed by atoms with Crippen molar-refractivity contribution in [2.75, 3.05) is 0 Å². The molecule has 0 unspecified atom stereocenters. The maximum absolute atomic E-state index is 11.4. The largest absolute Gasteiger partial charge is 0.308 e. The Kier molecular flexibility index (Phi) is 2.24. The molecule has 1 aromatic heterocycles. The first-order valence-corrected chi connectivity index (χ1v) is 4.70. The van der Waals surface area contributed by atoms with E-state index >= 15 is 0 Å². The fraction of sp³-hybridized carbons (Fsp3) is 0. The third kappa shape index (κ3) is 1.49. The second-order valence-electron chi connectivity index (χ2n) is 2.66. The summed E-state index contributed by atoms with van der Waals surface area (Å²) in [7, 11) is 0. The van der Waals surface area contributed by atoms with Crippen LogP contribution in [0, 0.1) is 0 Å². The van der Waals surface area contributed by atoms with E-state index in [-0.39, 0.29) is 5.69 Å². The van der Waals surface area contributed by atoms with E-state index in [4.69, 9.17) is 0 Å². The Morgan fingerprint density at radius 1 is 1.14 bits per heavy atom. The summed E-state index contributed by atoms with van der Waals surface area (Å²) < 4.78 is 6.16. The lowest BCUT2D eigenvalue weighted by Crippen LogP contribution is -2.27. The van der Waals surface area contributed by atoms with E-state index < -0.39 is 11.0 Å². The zero-order chi connectivity index (χ0) is 9.97. The van der Waals surface area contributed by atoms with Crippen molar-refractivity contribution in [2.24, 2.45) is 0 Å². The monoisotopic (exact) mass is 206 g/mol. The van der Waals surface area contributed by atoms with Gasteiger partial charge in [0, 0.05) is 17.3 Å². The highest BCUT2D eigenvalue weighted by Gasteiger charge is 2.06. The molecule has 1 N–H and O–H groups in total. The van der Waals surface area contributed by atoms with Crippen molar-refractivity contribution >= 4 is 11.7 Å². The lowest BCUT2D eigenvalue weighted by atomic mass is 10.1. The van der Waals surface area contributed by atoms with Crippen LogP contribution in [-0.2, 0) is 0 Å². The van der Waals surface area contributed by atoms with Crippen molar-refractivity contribution in [3.63, 3.8) is 0 Å². The normalized spacial score (nSPS) is 10.0. The van der Waals surface area contributed by atoms with Gasteiger partial charge in [-0.2, -0.15) is 4.37 Å². The molecule has 0 aliphatic rings. The topological polar surface area (TPSA) is 62.8 Å². The molecular formula is C9H6N2O2S. The number of nitrogens with zero attached hydrogens (tertiary/aromatic N) is 1. The first kappa shape index (κ1) is 8.83. The number of H-pyrrole nitrogens is 1. The average molecular weight is 206 g/mol. The van der Waals surface area contributed by atoms with Crippen molar-refractivity contribution in [1.82, 2.24) is 8.75 Å². The number of nitrogens with one attached hydrogen (secondary N) is 1. The molecule has 2 aromatic rings. The van der Waals surface area contributed by atoms with Gasteiger partial charge in [0.1, 0.15) is 5.69 Å². The molecule has 4 nitrogen and oxygen atoms in total. The van der Waals surface area contributed by atoms with Gasteiger partial charge in [-0.25, -0.2) is 0 Å². The van der Waals surface area contributed by atoms with E-state index in [1.165, 1.54) is 0 Å². The second-order valence-corrected chi connectivity index (χ2v) is 3.23. The molecule has 0 saturated carbocycles. The summed E-state index contributed by atoms with van der Waals surface area (Å²) in [5.41, 5.74) is -0.335. The quantitative estimate of drug-likeness (QED) is 0.704. The van der Waals surface area contributed by atoms with Crippen LogP contribution in [0.2, 0.25) is 0 Å². The Morgan fingerprint density at radius 3 is 2.57 bits per heavy atom. The molecule has 1 aromatic carbocycles. The molecule has 5 heteroatoms. The molecule has 0 radical (unpaired) electrons. The fourth-order valence-electron chi connectivity index (χ4n) is 1.09. The number of hydrogen-bond acceptors (Lipinski definition) is 4. The first-order chi connectivity index (χ1) is 6.79. The smallest absolute Gasteiger partial charge is 0.281 e. The molecule has 0 spiro atoms. The Labute approximate surface area is 83.2 Å². The zero-order valence-corrected chi connectivity index (χ0v) is 7.88. The Morgan fingerprint density at radius 2 is 1.86 bits per heavy atom. The summed E-state index contributed by atoms with van der Waals surface area (Å²) in [6, 6.07) is 8.92. The van der Waals surface area contributed by atoms with Crippen molar-refractivity contribution in [1.29, 1.82) is 0 Å². The number of benzene rings is 1. The summed E-state index contributed by atoms with van der Waals surface area (Å²) >= 11 is 0.877. The van der Waals surface area contributed by atoms with Crippen molar-refractivity contribution in [3.05, 3.63) is 50.9 Å². The molecular weight excluding hydrogens is 200 g/mol. The fourth-order valence-corrected chi connectivity index (χ4v) is 1.59. The van der Waals surface area contributed by atoms with Crippen molar-refractivity contribution in [2.45, 2.75) is 0 Å². The lowest BCUT2D eigenvalue weighted by Gasteiger charge is -1.95. The van der Waals surface area contributed by atoms with Crippen LogP contribution in [0.25, 0.3) is 11.3 Å². The predicted molar refractivity (Wildman–Crippen MR) is 54.4 cm³/mol.